The van der Waals surface area contributed by atoms with Crippen LogP contribution < -0.4 is 0 Å². The van der Waals surface area contributed by atoms with Crippen molar-refractivity contribution in [1.82, 2.24) is 0 Å². The molecule has 138 valence electrons. The topological polar surface area (TPSA) is 0 Å². The molecule has 0 N–H and O–H groups in total. The molecule has 30 heavy (non-hydrogen) atoms. The van der Waals surface area contributed by atoms with Crippen LogP contribution in [0.25, 0.3) is 0 Å². The maximum Gasteiger partial charge on any atom is 0.0418 e. The molecule has 0 heterocycles. The SMILES string of the molecule is C(#Cc1ccc(C#Cc2ccccc2)c(C#Cc2ccccc2)c1)c1ccccc1. The van der Waals surface area contributed by atoms with Gasteiger partial charge in [-0.1, -0.05) is 90.1 Å². The first kappa shape index (κ1) is 18.9. The van der Waals surface area contributed by atoms with Crippen molar-refractivity contribution in [2.75, 3.05) is 0 Å². The summed E-state index contributed by atoms with van der Waals surface area (Å²) in [6.07, 6.45) is 0. The Hall–Kier alpha value is -4.44. The normalized spacial score (nSPS) is 9.20. The summed E-state index contributed by atoms with van der Waals surface area (Å²) in [4.78, 5) is 0. The van der Waals surface area contributed by atoms with Gasteiger partial charge < -0.3 is 0 Å². The minimum atomic E-state index is 0.877. The first-order valence-electron chi connectivity index (χ1n) is 9.72. The fraction of sp³-hybridized carbons (Fsp3) is 0. The highest BCUT2D eigenvalue weighted by Crippen LogP contribution is 2.11. The molecule has 0 bridgehead atoms. The molecule has 0 saturated heterocycles. The number of rotatable bonds is 0. The second kappa shape index (κ2) is 9.66. The summed E-state index contributed by atoms with van der Waals surface area (Å²) in [5.41, 5.74) is 5.63. The van der Waals surface area contributed by atoms with Crippen LogP contribution in [0.3, 0.4) is 0 Å². The second-order valence-corrected chi connectivity index (χ2v) is 6.61. The van der Waals surface area contributed by atoms with Gasteiger partial charge in [0.2, 0.25) is 0 Å². The number of benzene rings is 4. The van der Waals surface area contributed by atoms with Crippen LogP contribution >= 0.6 is 0 Å². The molecule has 0 unspecified atom stereocenters. The van der Waals surface area contributed by atoms with E-state index in [0.29, 0.717) is 0 Å². The van der Waals surface area contributed by atoms with Crippen molar-refractivity contribution < 1.29 is 0 Å². The maximum atomic E-state index is 3.28. The molecule has 0 fully saturated rings. The molecular formula is C30H18. The summed E-state index contributed by atoms with van der Waals surface area (Å²) in [7, 11) is 0. The van der Waals surface area contributed by atoms with E-state index < -0.39 is 0 Å². The quantitative estimate of drug-likeness (QED) is 0.335. The van der Waals surface area contributed by atoms with Crippen LogP contribution in [-0.2, 0) is 0 Å². The Morgan fingerprint density at radius 3 is 1.20 bits per heavy atom. The Bertz CT molecular complexity index is 1310. The van der Waals surface area contributed by atoms with Crippen LogP contribution in [0.4, 0.5) is 0 Å². The molecule has 0 spiro atoms. The average Bonchev–Trinajstić information content (AvgIpc) is 2.82. The van der Waals surface area contributed by atoms with Gasteiger partial charge in [-0.15, -0.1) is 0 Å². The lowest BCUT2D eigenvalue weighted by Crippen LogP contribution is -1.87. The van der Waals surface area contributed by atoms with Crippen molar-refractivity contribution >= 4 is 0 Å². The van der Waals surface area contributed by atoms with Crippen LogP contribution in [0, 0.1) is 35.5 Å². The van der Waals surface area contributed by atoms with Crippen molar-refractivity contribution in [1.29, 1.82) is 0 Å². The summed E-state index contributed by atoms with van der Waals surface area (Å²) in [6, 6.07) is 35.9. The largest absolute Gasteiger partial charge is 0.0622 e. The molecule has 0 aromatic heterocycles. The lowest BCUT2D eigenvalue weighted by Gasteiger charge is -1.99. The molecule has 0 nitrogen and oxygen atoms in total. The van der Waals surface area contributed by atoms with Crippen LogP contribution in [0.15, 0.2) is 109 Å². The van der Waals surface area contributed by atoms with E-state index in [1.165, 1.54) is 0 Å². The smallest absolute Gasteiger partial charge is 0.0418 e. The molecule has 4 rings (SSSR count). The lowest BCUT2D eigenvalue weighted by atomic mass is 10.0. The van der Waals surface area contributed by atoms with E-state index in [0.717, 1.165) is 33.4 Å². The molecule has 0 aliphatic heterocycles. The molecule has 4 aromatic rings. The highest BCUT2D eigenvalue weighted by atomic mass is 14.0. The molecule has 4 aromatic carbocycles. The van der Waals surface area contributed by atoms with Crippen molar-refractivity contribution in [3.63, 3.8) is 0 Å². The van der Waals surface area contributed by atoms with Gasteiger partial charge in [0.05, 0.1) is 0 Å². The predicted octanol–water partition coefficient (Wildman–Crippen LogP) is 5.89. The summed E-state index contributed by atoms with van der Waals surface area (Å²) >= 11 is 0. The minimum Gasteiger partial charge on any atom is -0.0622 e. The van der Waals surface area contributed by atoms with Gasteiger partial charge in [-0.2, -0.15) is 0 Å². The van der Waals surface area contributed by atoms with Crippen LogP contribution in [0.2, 0.25) is 0 Å². The zero-order valence-corrected chi connectivity index (χ0v) is 16.4. The summed E-state index contributed by atoms with van der Waals surface area (Å²) in [6.45, 7) is 0. The van der Waals surface area contributed by atoms with Crippen molar-refractivity contribution in [3.05, 3.63) is 143 Å². The molecule has 0 saturated carbocycles. The zero-order valence-electron chi connectivity index (χ0n) is 16.4. The molecule has 0 atom stereocenters. The standard InChI is InChI=1S/C30H18/c1-4-10-25(11-5-1)16-17-28-20-22-29(21-18-26-12-6-2-7-13-26)30(24-28)23-19-27-14-8-3-9-15-27/h1-15,20,22,24H. The van der Waals surface area contributed by atoms with Gasteiger partial charge in [0.25, 0.3) is 0 Å². The van der Waals surface area contributed by atoms with Gasteiger partial charge in [-0.25, -0.2) is 0 Å². The van der Waals surface area contributed by atoms with E-state index in [1.807, 2.05) is 109 Å². The average molecular weight is 378 g/mol. The third-order valence-electron chi connectivity index (χ3n) is 4.38. The Balaban J connectivity index is 1.72. The molecular weight excluding hydrogens is 360 g/mol. The molecule has 0 aliphatic rings. The monoisotopic (exact) mass is 378 g/mol. The Kier molecular flexibility index (Phi) is 6.09. The van der Waals surface area contributed by atoms with Crippen molar-refractivity contribution in [2.45, 2.75) is 0 Å². The Morgan fingerprint density at radius 1 is 0.300 bits per heavy atom. The van der Waals surface area contributed by atoms with E-state index in [2.05, 4.69) is 35.5 Å². The van der Waals surface area contributed by atoms with E-state index in [-0.39, 0.29) is 0 Å². The van der Waals surface area contributed by atoms with Crippen molar-refractivity contribution in [2.24, 2.45) is 0 Å². The third-order valence-corrected chi connectivity index (χ3v) is 4.38. The van der Waals surface area contributed by atoms with Gasteiger partial charge in [0, 0.05) is 33.4 Å². The first-order valence-corrected chi connectivity index (χ1v) is 9.72. The fourth-order valence-electron chi connectivity index (χ4n) is 2.82. The second-order valence-electron chi connectivity index (χ2n) is 6.61. The zero-order chi connectivity index (χ0) is 20.4. The Morgan fingerprint density at radius 2 is 0.700 bits per heavy atom. The first-order chi connectivity index (χ1) is 14.9. The van der Waals surface area contributed by atoms with Crippen LogP contribution in [0.1, 0.15) is 33.4 Å². The van der Waals surface area contributed by atoms with E-state index in [9.17, 15) is 0 Å². The molecule has 0 radical (unpaired) electrons. The highest BCUT2D eigenvalue weighted by molar-refractivity contribution is 5.58. The van der Waals surface area contributed by atoms with E-state index in [4.69, 9.17) is 0 Å². The summed E-state index contributed by atoms with van der Waals surface area (Å²) in [5, 5.41) is 0. The Labute approximate surface area is 178 Å². The van der Waals surface area contributed by atoms with Crippen LogP contribution in [0.5, 0.6) is 0 Å². The fourth-order valence-corrected chi connectivity index (χ4v) is 2.82. The van der Waals surface area contributed by atoms with Gasteiger partial charge in [0.1, 0.15) is 0 Å². The van der Waals surface area contributed by atoms with E-state index >= 15 is 0 Å². The van der Waals surface area contributed by atoms with Crippen molar-refractivity contribution in [3.8, 4) is 35.5 Å². The van der Waals surface area contributed by atoms with Gasteiger partial charge >= 0.3 is 0 Å². The third kappa shape index (κ3) is 5.30. The summed E-state index contributed by atoms with van der Waals surface area (Å²) in [5.74, 6) is 19.4. The van der Waals surface area contributed by atoms with E-state index in [1.54, 1.807) is 0 Å². The molecule has 0 heteroatoms. The summed E-state index contributed by atoms with van der Waals surface area (Å²) < 4.78 is 0. The predicted molar refractivity (Wildman–Crippen MR) is 124 cm³/mol. The van der Waals surface area contributed by atoms with Gasteiger partial charge in [-0.3, -0.25) is 0 Å². The number of hydrogen-bond acceptors (Lipinski definition) is 0. The maximum absolute atomic E-state index is 3.28. The lowest BCUT2D eigenvalue weighted by molar-refractivity contribution is 1.54. The highest BCUT2D eigenvalue weighted by Gasteiger charge is 1.99. The minimum absolute atomic E-state index is 0.877. The van der Waals surface area contributed by atoms with Gasteiger partial charge in [0.15, 0.2) is 0 Å². The van der Waals surface area contributed by atoms with Gasteiger partial charge in [-0.05, 0) is 54.6 Å². The molecule has 0 amide bonds. The number of hydrogen-bond donors (Lipinski definition) is 0. The molecule has 0 aliphatic carbocycles. The van der Waals surface area contributed by atoms with Crippen LogP contribution in [-0.4, -0.2) is 0 Å².